The molecule has 2 aliphatic rings. The summed E-state index contributed by atoms with van der Waals surface area (Å²) in [6.07, 6.45) is 2.55. The van der Waals surface area contributed by atoms with E-state index in [2.05, 4.69) is 24.3 Å². The van der Waals surface area contributed by atoms with E-state index >= 15 is 0 Å². The van der Waals surface area contributed by atoms with Gasteiger partial charge in [-0.25, -0.2) is 4.79 Å². The van der Waals surface area contributed by atoms with E-state index in [1.54, 1.807) is 6.07 Å². The highest BCUT2D eigenvalue weighted by Gasteiger charge is 2.40. The lowest BCUT2D eigenvalue weighted by Crippen LogP contribution is -2.29. The molecule has 1 fully saturated rings. The number of rotatable bonds is 4. The van der Waals surface area contributed by atoms with Gasteiger partial charge in [0.1, 0.15) is 11.1 Å². The number of carboxylic acids is 1. The van der Waals surface area contributed by atoms with Crippen molar-refractivity contribution in [2.45, 2.75) is 36.2 Å². The van der Waals surface area contributed by atoms with Crippen LogP contribution in [-0.4, -0.2) is 25.6 Å². The molecule has 2 atom stereocenters. The van der Waals surface area contributed by atoms with Gasteiger partial charge in [0.2, 0.25) is 0 Å². The topological polar surface area (TPSA) is 76.4 Å². The van der Waals surface area contributed by atoms with Gasteiger partial charge in [0.15, 0.2) is 0 Å². The zero-order valence-electron chi connectivity index (χ0n) is 15.1. The van der Waals surface area contributed by atoms with Crippen LogP contribution in [0.15, 0.2) is 58.4 Å². The summed E-state index contributed by atoms with van der Waals surface area (Å²) in [5.41, 5.74) is 2.57. The molecule has 2 aromatic carbocycles. The lowest BCUT2D eigenvalue weighted by atomic mass is 9.95. The van der Waals surface area contributed by atoms with Gasteiger partial charge in [-0.05, 0) is 52.6 Å². The third-order valence-corrected chi connectivity index (χ3v) is 7.16. The van der Waals surface area contributed by atoms with Gasteiger partial charge in [-0.1, -0.05) is 42.5 Å². The molecule has 0 radical (unpaired) electrons. The van der Waals surface area contributed by atoms with E-state index < -0.39 is 22.8 Å². The SMILES string of the molecule is O=C(O)C1CS(=O)c2c(C3CC3)c(Cc3cccc4ccccc34)cc(=O)n21. The number of aromatic nitrogens is 1. The Morgan fingerprint density at radius 1 is 1.11 bits per heavy atom. The number of carboxylic acid groups (broad SMARTS) is 1. The highest BCUT2D eigenvalue weighted by atomic mass is 32.2. The fourth-order valence-corrected chi connectivity index (χ4v) is 5.99. The minimum absolute atomic E-state index is 0.0258. The van der Waals surface area contributed by atoms with Crippen molar-refractivity contribution in [1.29, 1.82) is 0 Å². The summed E-state index contributed by atoms with van der Waals surface area (Å²) in [6.45, 7) is 0. The number of hydrogen-bond acceptors (Lipinski definition) is 3. The summed E-state index contributed by atoms with van der Waals surface area (Å²) in [4.78, 5) is 24.4. The third-order valence-electron chi connectivity index (χ3n) is 5.70. The zero-order chi connectivity index (χ0) is 19.4. The van der Waals surface area contributed by atoms with Gasteiger partial charge < -0.3 is 5.11 Å². The Bertz CT molecular complexity index is 1200. The summed E-state index contributed by atoms with van der Waals surface area (Å²) >= 11 is 0. The maximum atomic E-state index is 12.8. The minimum atomic E-state index is -1.46. The Morgan fingerprint density at radius 2 is 1.86 bits per heavy atom. The van der Waals surface area contributed by atoms with E-state index in [0.717, 1.165) is 40.3 Å². The first-order valence-corrected chi connectivity index (χ1v) is 10.7. The number of fused-ring (bicyclic) bond motifs is 2. The Morgan fingerprint density at radius 3 is 2.61 bits per heavy atom. The van der Waals surface area contributed by atoms with Gasteiger partial charge in [0.25, 0.3) is 5.56 Å². The second-order valence-corrected chi connectivity index (χ2v) is 8.96. The summed E-state index contributed by atoms with van der Waals surface area (Å²) in [7, 11) is -1.46. The Balaban J connectivity index is 1.70. The van der Waals surface area contributed by atoms with E-state index in [4.69, 9.17) is 0 Å². The third kappa shape index (κ3) is 2.71. The van der Waals surface area contributed by atoms with Gasteiger partial charge in [-0.2, -0.15) is 0 Å². The lowest BCUT2D eigenvalue weighted by Gasteiger charge is -2.16. The standard InChI is InChI=1S/C22H19NO4S/c24-19-11-16(10-15-6-3-5-13-4-1-2-7-17(13)15)20(14-8-9-14)21-23(19)18(22(25)26)12-28(21)27/h1-7,11,14,18H,8-10,12H2,(H,25,26). The van der Waals surface area contributed by atoms with Crippen molar-refractivity contribution in [2.75, 3.05) is 5.75 Å². The van der Waals surface area contributed by atoms with Crippen LogP contribution in [0.1, 0.15) is 41.5 Å². The summed E-state index contributed by atoms with van der Waals surface area (Å²) < 4.78 is 14.1. The van der Waals surface area contributed by atoms with Crippen molar-refractivity contribution >= 4 is 27.5 Å². The van der Waals surface area contributed by atoms with Crippen molar-refractivity contribution in [2.24, 2.45) is 0 Å². The molecular weight excluding hydrogens is 374 g/mol. The van der Waals surface area contributed by atoms with E-state index in [0.29, 0.717) is 11.4 Å². The van der Waals surface area contributed by atoms with Crippen molar-refractivity contribution in [3.05, 3.63) is 75.6 Å². The Hall–Kier alpha value is -2.73. The molecule has 2 unspecified atom stereocenters. The highest BCUT2D eigenvalue weighted by Crippen LogP contribution is 2.46. The van der Waals surface area contributed by atoms with Crippen LogP contribution < -0.4 is 5.56 Å². The molecular formula is C22H19NO4S. The molecule has 1 aromatic heterocycles. The molecule has 1 aliphatic heterocycles. The summed E-state index contributed by atoms with van der Waals surface area (Å²) in [6, 6.07) is 14.8. The molecule has 6 heteroatoms. The molecule has 142 valence electrons. The van der Waals surface area contributed by atoms with Gasteiger partial charge >= 0.3 is 5.97 Å². The molecule has 5 rings (SSSR count). The van der Waals surface area contributed by atoms with E-state index in [-0.39, 0.29) is 17.2 Å². The quantitative estimate of drug-likeness (QED) is 0.738. The van der Waals surface area contributed by atoms with Crippen LogP contribution in [0.4, 0.5) is 0 Å². The van der Waals surface area contributed by atoms with Crippen molar-refractivity contribution in [3.63, 3.8) is 0 Å². The second-order valence-electron chi connectivity index (χ2n) is 7.55. The zero-order valence-corrected chi connectivity index (χ0v) is 15.9. The molecule has 2 heterocycles. The maximum Gasteiger partial charge on any atom is 0.327 e. The first kappa shape index (κ1) is 17.4. The molecule has 1 saturated carbocycles. The van der Waals surface area contributed by atoms with Crippen LogP contribution in [0, 0.1) is 0 Å². The maximum absolute atomic E-state index is 12.8. The first-order chi connectivity index (χ1) is 13.5. The smallest absolute Gasteiger partial charge is 0.327 e. The van der Waals surface area contributed by atoms with Crippen LogP contribution in [0.3, 0.4) is 0 Å². The van der Waals surface area contributed by atoms with Crippen molar-refractivity contribution in [3.8, 4) is 0 Å². The predicted octanol–water partition coefficient (Wildman–Crippen LogP) is 3.22. The predicted molar refractivity (Wildman–Crippen MR) is 107 cm³/mol. The lowest BCUT2D eigenvalue weighted by molar-refractivity contribution is -0.140. The van der Waals surface area contributed by atoms with Crippen LogP contribution in [0.5, 0.6) is 0 Å². The minimum Gasteiger partial charge on any atom is -0.480 e. The first-order valence-electron chi connectivity index (χ1n) is 9.40. The van der Waals surface area contributed by atoms with Gasteiger partial charge in [0, 0.05) is 6.07 Å². The molecule has 3 aromatic rings. The van der Waals surface area contributed by atoms with Crippen LogP contribution in [-0.2, 0) is 22.0 Å². The molecule has 28 heavy (non-hydrogen) atoms. The Kier molecular flexibility index (Phi) is 3.98. The van der Waals surface area contributed by atoms with Crippen molar-refractivity contribution < 1.29 is 14.1 Å². The van der Waals surface area contributed by atoms with Gasteiger partial charge in [-0.15, -0.1) is 0 Å². The number of pyridine rings is 1. The average molecular weight is 393 g/mol. The largest absolute Gasteiger partial charge is 0.480 e. The van der Waals surface area contributed by atoms with E-state index in [1.165, 1.54) is 4.57 Å². The molecule has 1 aliphatic carbocycles. The fraction of sp³-hybridized carbons (Fsp3) is 0.273. The molecule has 0 amide bonds. The number of nitrogens with zero attached hydrogens (tertiary/aromatic N) is 1. The molecule has 1 N–H and O–H groups in total. The van der Waals surface area contributed by atoms with Crippen LogP contribution >= 0.6 is 0 Å². The number of hydrogen-bond donors (Lipinski definition) is 1. The van der Waals surface area contributed by atoms with Crippen LogP contribution in [0.2, 0.25) is 0 Å². The van der Waals surface area contributed by atoms with E-state index in [9.17, 15) is 18.9 Å². The normalized spacial score (nSPS) is 21.0. The number of carbonyl (C=O) groups is 1. The molecule has 0 saturated heterocycles. The Labute approximate surface area is 164 Å². The van der Waals surface area contributed by atoms with Gasteiger partial charge in [-0.3, -0.25) is 13.6 Å². The second kappa shape index (κ2) is 6.41. The van der Waals surface area contributed by atoms with Gasteiger partial charge in [0.05, 0.1) is 16.6 Å². The number of aliphatic carboxylic acids is 1. The molecule has 0 bridgehead atoms. The molecule has 5 nitrogen and oxygen atoms in total. The highest BCUT2D eigenvalue weighted by molar-refractivity contribution is 7.85. The average Bonchev–Trinajstić information content (AvgIpc) is 3.45. The monoisotopic (exact) mass is 393 g/mol. The molecule has 0 spiro atoms. The number of benzene rings is 2. The summed E-state index contributed by atoms with van der Waals surface area (Å²) in [5.74, 6) is -0.858. The van der Waals surface area contributed by atoms with E-state index in [1.807, 2.05) is 18.2 Å². The summed E-state index contributed by atoms with van der Waals surface area (Å²) in [5, 5.41) is 12.2. The fourth-order valence-electron chi connectivity index (χ4n) is 4.28. The van der Waals surface area contributed by atoms with Crippen LogP contribution in [0.25, 0.3) is 10.8 Å². The van der Waals surface area contributed by atoms with Crippen molar-refractivity contribution in [1.82, 2.24) is 4.57 Å².